The highest BCUT2D eigenvalue weighted by atomic mass is 16.5. The summed E-state index contributed by atoms with van der Waals surface area (Å²) in [6, 6.07) is 5.00. The Morgan fingerprint density at radius 1 is 1.30 bits per heavy atom. The van der Waals surface area contributed by atoms with Gasteiger partial charge in [-0.15, -0.1) is 0 Å². The van der Waals surface area contributed by atoms with Crippen LogP contribution in [0.5, 0.6) is 0 Å². The van der Waals surface area contributed by atoms with Crippen LogP contribution >= 0.6 is 0 Å². The number of rotatable bonds is 4. The summed E-state index contributed by atoms with van der Waals surface area (Å²) in [6.45, 7) is 0.552. The smallest absolute Gasteiger partial charge is 0.329 e. The van der Waals surface area contributed by atoms with Crippen molar-refractivity contribution in [3.8, 4) is 0 Å². The third kappa shape index (κ3) is 2.57. The first-order chi connectivity index (χ1) is 11.0. The van der Waals surface area contributed by atoms with E-state index in [1.807, 2.05) is 18.2 Å². The minimum Gasteiger partial charge on any atom is -0.384 e. The number of para-hydroxylation sites is 1. The molecule has 7 heteroatoms. The number of ether oxygens (including phenoxy) is 1. The predicted molar refractivity (Wildman–Crippen MR) is 84.2 cm³/mol. The SMILES string of the molecule is COCCc1cccc2c1n(C)c(=O)n2C1CCC(=O)NC1=O. The van der Waals surface area contributed by atoms with E-state index in [0.717, 1.165) is 11.1 Å². The summed E-state index contributed by atoms with van der Waals surface area (Å²) < 4.78 is 8.17. The number of methoxy groups -OCH3 is 1. The molecule has 0 aliphatic carbocycles. The van der Waals surface area contributed by atoms with Gasteiger partial charge in [-0.25, -0.2) is 4.79 Å². The summed E-state index contributed by atoms with van der Waals surface area (Å²) in [5.74, 6) is -0.710. The Kier molecular flexibility index (Phi) is 4.04. The van der Waals surface area contributed by atoms with Crippen molar-refractivity contribution in [1.82, 2.24) is 14.5 Å². The largest absolute Gasteiger partial charge is 0.384 e. The first-order valence-electron chi connectivity index (χ1n) is 7.56. The maximum atomic E-state index is 12.7. The molecule has 1 saturated heterocycles. The molecule has 122 valence electrons. The number of imidazole rings is 1. The number of nitrogens with zero attached hydrogens (tertiary/aromatic N) is 2. The summed E-state index contributed by atoms with van der Waals surface area (Å²) in [6.07, 6.45) is 1.26. The van der Waals surface area contributed by atoms with Crippen molar-refractivity contribution in [3.05, 3.63) is 34.2 Å². The number of aromatic nitrogens is 2. The van der Waals surface area contributed by atoms with Crippen LogP contribution in [0.25, 0.3) is 11.0 Å². The maximum Gasteiger partial charge on any atom is 0.329 e. The van der Waals surface area contributed by atoms with Gasteiger partial charge in [-0.05, 0) is 24.5 Å². The number of hydrogen-bond donors (Lipinski definition) is 1. The fraction of sp³-hybridized carbons (Fsp3) is 0.438. The third-order valence-corrected chi connectivity index (χ3v) is 4.28. The van der Waals surface area contributed by atoms with Crippen LogP contribution in [0.1, 0.15) is 24.4 Å². The van der Waals surface area contributed by atoms with Gasteiger partial charge >= 0.3 is 5.69 Å². The lowest BCUT2D eigenvalue weighted by atomic mass is 10.1. The monoisotopic (exact) mass is 317 g/mol. The van der Waals surface area contributed by atoms with Crippen LogP contribution in [0.4, 0.5) is 0 Å². The molecule has 0 saturated carbocycles. The average molecular weight is 317 g/mol. The Morgan fingerprint density at radius 2 is 2.09 bits per heavy atom. The molecule has 23 heavy (non-hydrogen) atoms. The van der Waals surface area contributed by atoms with Crippen molar-refractivity contribution in [2.75, 3.05) is 13.7 Å². The summed E-state index contributed by atoms with van der Waals surface area (Å²) >= 11 is 0. The Labute approximate surface area is 132 Å². The Balaban J connectivity index is 2.15. The topological polar surface area (TPSA) is 82.3 Å². The van der Waals surface area contributed by atoms with Gasteiger partial charge in [-0.2, -0.15) is 0 Å². The fourth-order valence-electron chi connectivity index (χ4n) is 3.16. The highest BCUT2D eigenvalue weighted by molar-refractivity contribution is 6.00. The van der Waals surface area contributed by atoms with Crippen LogP contribution in [-0.4, -0.2) is 34.7 Å². The van der Waals surface area contributed by atoms with Crippen LogP contribution < -0.4 is 11.0 Å². The summed E-state index contributed by atoms with van der Waals surface area (Å²) in [5.41, 5.74) is 2.26. The average Bonchev–Trinajstić information content (AvgIpc) is 2.78. The molecule has 1 aromatic heterocycles. The van der Waals surface area contributed by atoms with E-state index in [1.54, 1.807) is 18.7 Å². The zero-order valence-electron chi connectivity index (χ0n) is 13.2. The molecule has 7 nitrogen and oxygen atoms in total. The number of hydrogen-bond acceptors (Lipinski definition) is 4. The highest BCUT2D eigenvalue weighted by Gasteiger charge is 2.31. The number of piperidine rings is 1. The Morgan fingerprint density at radius 3 is 2.78 bits per heavy atom. The number of carbonyl (C=O) groups excluding carboxylic acids is 2. The van der Waals surface area contributed by atoms with Crippen molar-refractivity contribution in [1.29, 1.82) is 0 Å². The van der Waals surface area contributed by atoms with E-state index in [2.05, 4.69) is 5.32 Å². The van der Waals surface area contributed by atoms with E-state index in [1.165, 1.54) is 4.57 Å². The molecule has 1 fully saturated rings. The molecule has 0 radical (unpaired) electrons. The van der Waals surface area contributed by atoms with Gasteiger partial charge < -0.3 is 4.74 Å². The third-order valence-electron chi connectivity index (χ3n) is 4.28. The molecule has 2 amide bonds. The molecule has 1 N–H and O–H groups in total. The van der Waals surface area contributed by atoms with Crippen molar-refractivity contribution >= 4 is 22.8 Å². The molecular formula is C16H19N3O4. The lowest BCUT2D eigenvalue weighted by Crippen LogP contribution is -2.44. The number of nitrogens with one attached hydrogen (secondary N) is 1. The van der Waals surface area contributed by atoms with E-state index in [9.17, 15) is 14.4 Å². The molecule has 0 spiro atoms. The van der Waals surface area contributed by atoms with Gasteiger partial charge in [0.15, 0.2) is 0 Å². The van der Waals surface area contributed by atoms with Crippen LogP contribution in [0, 0.1) is 0 Å². The van der Waals surface area contributed by atoms with Gasteiger partial charge in [0.25, 0.3) is 0 Å². The first kappa shape index (κ1) is 15.5. The van der Waals surface area contributed by atoms with Crippen molar-refractivity contribution in [2.45, 2.75) is 25.3 Å². The zero-order valence-corrected chi connectivity index (χ0v) is 13.2. The molecular weight excluding hydrogens is 298 g/mol. The number of amides is 2. The van der Waals surface area contributed by atoms with Crippen LogP contribution in [0.3, 0.4) is 0 Å². The molecule has 2 heterocycles. The van der Waals surface area contributed by atoms with E-state index < -0.39 is 11.9 Å². The Bertz CT molecular complexity index is 834. The van der Waals surface area contributed by atoms with E-state index >= 15 is 0 Å². The van der Waals surface area contributed by atoms with Crippen LogP contribution in [-0.2, 0) is 27.8 Å². The van der Waals surface area contributed by atoms with Crippen molar-refractivity contribution in [2.24, 2.45) is 7.05 Å². The zero-order chi connectivity index (χ0) is 16.6. The second-order valence-electron chi connectivity index (χ2n) is 5.71. The molecule has 1 aliphatic rings. The van der Waals surface area contributed by atoms with Gasteiger partial charge in [0.1, 0.15) is 6.04 Å². The number of benzene rings is 1. The normalized spacial score (nSPS) is 18.4. The minimum absolute atomic E-state index is 0.239. The lowest BCUT2D eigenvalue weighted by Gasteiger charge is -2.21. The van der Waals surface area contributed by atoms with E-state index in [0.29, 0.717) is 25.0 Å². The predicted octanol–water partition coefficient (Wildman–Crippen LogP) is 0.507. The second kappa shape index (κ2) is 6.00. The number of imide groups is 1. The fourth-order valence-corrected chi connectivity index (χ4v) is 3.16. The molecule has 1 aromatic carbocycles. The highest BCUT2D eigenvalue weighted by Crippen LogP contribution is 2.25. The standard InChI is InChI=1S/C16H19N3O4/c1-18-14-10(8-9-23-2)4-3-5-11(14)19(16(18)22)12-6-7-13(20)17-15(12)21/h3-5,12H,6-9H2,1-2H3,(H,17,20,21). The van der Waals surface area contributed by atoms with Gasteiger partial charge in [0.2, 0.25) is 11.8 Å². The van der Waals surface area contributed by atoms with E-state index in [-0.39, 0.29) is 18.0 Å². The quantitative estimate of drug-likeness (QED) is 0.833. The summed E-state index contributed by atoms with van der Waals surface area (Å²) in [5, 5.41) is 2.31. The molecule has 1 aliphatic heterocycles. The Hall–Kier alpha value is -2.41. The van der Waals surface area contributed by atoms with Crippen LogP contribution in [0.2, 0.25) is 0 Å². The van der Waals surface area contributed by atoms with Gasteiger partial charge in [-0.3, -0.25) is 24.0 Å². The van der Waals surface area contributed by atoms with Crippen molar-refractivity contribution < 1.29 is 14.3 Å². The molecule has 2 aromatic rings. The van der Waals surface area contributed by atoms with Gasteiger partial charge in [0, 0.05) is 20.6 Å². The maximum absolute atomic E-state index is 12.7. The van der Waals surface area contributed by atoms with Crippen molar-refractivity contribution in [3.63, 3.8) is 0 Å². The molecule has 0 bridgehead atoms. The molecule has 1 unspecified atom stereocenters. The summed E-state index contributed by atoms with van der Waals surface area (Å²) in [4.78, 5) is 36.2. The van der Waals surface area contributed by atoms with Gasteiger partial charge in [-0.1, -0.05) is 12.1 Å². The summed E-state index contributed by atoms with van der Waals surface area (Å²) in [7, 11) is 3.33. The van der Waals surface area contributed by atoms with E-state index in [4.69, 9.17) is 4.74 Å². The number of aryl methyl sites for hydroxylation is 1. The minimum atomic E-state index is -0.651. The lowest BCUT2D eigenvalue weighted by molar-refractivity contribution is -0.135. The molecule has 3 rings (SSSR count). The second-order valence-corrected chi connectivity index (χ2v) is 5.71. The van der Waals surface area contributed by atoms with Gasteiger partial charge in [0.05, 0.1) is 17.6 Å². The van der Waals surface area contributed by atoms with Crippen LogP contribution in [0.15, 0.2) is 23.0 Å². The number of fused-ring (bicyclic) bond motifs is 1. The number of carbonyl (C=O) groups is 2. The first-order valence-corrected chi connectivity index (χ1v) is 7.56. The molecule has 1 atom stereocenters.